The van der Waals surface area contributed by atoms with Crippen LogP contribution in [0.15, 0.2) is 16.8 Å². The Bertz CT molecular complexity index is 702. The molecule has 130 valence electrons. The van der Waals surface area contributed by atoms with Crippen LogP contribution in [0.4, 0.5) is 10.8 Å². The Kier molecular flexibility index (Phi) is 4.57. The standard InChI is InChI=1S/C16H24N6O2/c1-5-21-8-9-22(10-13(21)14-17-6-7-20(14)4)16(23)19-15-18-11(2)12(3)24-15/h6-7,13H,5,8-10H2,1-4H3,(H,18,19,23)/t13-/m1/s1. The first-order valence-corrected chi connectivity index (χ1v) is 8.20. The second-order valence-electron chi connectivity index (χ2n) is 6.08. The number of likely N-dealkylation sites (N-methyl/N-ethyl adjacent to an activating group) is 1. The Labute approximate surface area is 141 Å². The summed E-state index contributed by atoms with van der Waals surface area (Å²) >= 11 is 0. The van der Waals surface area contributed by atoms with Crippen LogP contribution in [0.3, 0.4) is 0 Å². The summed E-state index contributed by atoms with van der Waals surface area (Å²) in [6.07, 6.45) is 3.72. The molecule has 1 atom stereocenters. The van der Waals surface area contributed by atoms with E-state index in [9.17, 15) is 4.79 Å². The van der Waals surface area contributed by atoms with Crippen molar-refractivity contribution in [3.63, 3.8) is 0 Å². The molecule has 8 heteroatoms. The van der Waals surface area contributed by atoms with E-state index >= 15 is 0 Å². The second kappa shape index (κ2) is 6.64. The van der Waals surface area contributed by atoms with Crippen LogP contribution in [-0.4, -0.2) is 56.5 Å². The summed E-state index contributed by atoms with van der Waals surface area (Å²) in [7, 11) is 1.98. The molecule has 1 aliphatic heterocycles. The van der Waals surface area contributed by atoms with Gasteiger partial charge >= 0.3 is 12.0 Å². The number of carbonyl (C=O) groups is 1. The van der Waals surface area contributed by atoms with Crippen LogP contribution in [0, 0.1) is 13.8 Å². The van der Waals surface area contributed by atoms with Crippen LogP contribution in [0.25, 0.3) is 0 Å². The predicted octanol–water partition coefficient (Wildman–Crippen LogP) is 1.94. The van der Waals surface area contributed by atoms with E-state index in [0.29, 0.717) is 18.8 Å². The van der Waals surface area contributed by atoms with E-state index in [1.54, 1.807) is 11.1 Å². The van der Waals surface area contributed by atoms with E-state index in [1.807, 2.05) is 31.7 Å². The fourth-order valence-electron chi connectivity index (χ4n) is 3.02. The number of carbonyl (C=O) groups excluding carboxylic acids is 1. The van der Waals surface area contributed by atoms with Crippen LogP contribution in [0.2, 0.25) is 0 Å². The highest BCUT2D eigenvalue weighted by Gasteiger charge is 2.32. The van der Waals surface area contributed by atoms with Gasteiger partial charge < -0.3 is 13.9 Å². The van der Waals surface area contributed by atoms with Crippen LogP contribution < -0.4 is 5.32 Å². The van der Waals surface area contributed by atoms with Crippen LogP contribution in [0.5, 0.6) is 0 Å². The van der Waals surface area contributed by atoms with Crippen LogP contribution >= 0.6 is 0 Å². The molecule has 1 N–H and O–H groups in total. The first-order chi connectivity index (χ1) is 11.5. The third-order valence-electron chi connectivity index (χ3n) is 4.58. The predicted molar refractivity (Wildman–Crippen MR) is 89.8 cm³/mol. The lowest BCUT2D eigenvalue weighted by molar-refractivity contribution is 0.0925. The van der Waals surface area contributed by atoms with Gasteiger partial charge in [0.1, 0.15) is 11.6 Å². The van der Waals surface area contributed by atoms with E-state index < -0.39 is 0 Å². The molecule has 2 amide bonds. The molecule has 2 aromatic rings. The van der Waals surface area contributed by atoms with Crippen molar-refractivity contribution in [3.8, 4) is 0 Å². The average Bonchev–Trinajstić information content (AvgIpc) is 3.12. The van der Waals surface area contributed by atoms with Crippen molar-refractivity contribution in [1.29, 1.82) is 0 Å². The summed E-state index contributed by atoms with van der Waals surface area (Å²) in [5.74, 6) is 1.68. The fourth-order valence-corrected chi connectivity index (χ4v) is 3.02. The van der Waals surface area contributed by atoms with Gasteiger partial charge in [0.25, 0.3) is 0 Å². The maximum atomic E-state index is 12.6. The van der Waals surface area contributed by atoms with Gasteiger partial charge in [-0.2, -0.15) is 4.98 Å². The third-order valence-corrected chi connectivity index (χ3v) is 4.58. The minimum Gasteiger partial charge on any atom is -0.428 e. The topological polar surface area (TPSA) is 79.4 Å². The van der Waals surface area contributed by atoms with E-state index in [4.69, 9.17) is 4.42 Å². The molecule has 0 radical (unpaired) electrons. The molecule has 0 aromatic carbocycles. The summed E-state index contributed by atoms with van der Waals surface area (Å²) in [4.78, 5) is 25.4. The molecule has 3 heterocycles. The van der Waals surface area contributed by atoms with Gasteiger partial charge in [-0.15, -0.1) is 0 Å². The number of hydrogen-bond donors (Lipinski definition) is 1. The Morgan fingerprint density at radius 3 is 2.79 bits per heavy atom. The molecular formula is C16H24N6O2. The second-order valence-corrected chi connectivity index (χ2v) is 6.08. The zero-order chi connectivity index (χ0) is 17.3. The van der Waals surface area contributed by atoms with Crippen molar-refractivity contribution in [2.45, 2.75) is 26.8 Å². The summed E-state index contributed by atoms with van der Waals surface area (Å²) in [6, 6.07) is 0.148. The first kappa shape index (κ1) is 16.5. The number of anilines is 1. The average molecular weight is 332 g/mol. The third kappa shape index (κ3) is 3.14. The molecule has 2 aromatic heterocycles. The lowest BCUT2D eigenvalue weighted by Crippen LogP contribution is -2.52. The Balaban J connectivity index is 1.72. The molecule has 0 aliphatic carbocycles. The smallest absolute Gasteiger partial charge is 0.325 e. The molecule has 1 saturated heterocycles. The van der Waals surface area contributed by atoms with Crippen molar-refractivity contribution < 1.29 is 9.21 Å². The molecule has 3 rings (SSSR count). The zero-order valence-corrected chi connectivity index (χ0v) is 14.6. The first-order valence-electron chi connectivity index (χ1n) is 8.20. The zero-order valence-electron chi connectivity index (χ0n) is 14.6. The number of urea groups is 1. The number of rotatable bonds is 3. The van der Waals surface area contributed by atoms with Gasteiger partial charge in [-0.1, -0.05) is 6.92 Å². The van der Waals surface area contributed by atoms with Gasteiger partial charge in [-0.3, -0.25) is 10.2 Å². The van der Waals surface area contributed by atoms with E-state index in [1.165, 1.54) is 0 Å². The largest absolute Gasteiger partial charge is 0.428 e. The normalized spacial score (nSPS) is 18.8. The number of piperazine rings is 1. The number of aromatic nitrogens is 3. The lowest BCUT2D eigenvalue weighted by Gasteiger charge is -2.40. The van der Waals surface area contributed by atoms with Crippen molar-refractivity contribution in [1.82, 2.24) is 24.3 Å². The van der Waals surface area contributed by atoms with E-state index in [2.05, 4.69) is 27.1 Å². The van der Waals surface area contributed by atoms with Crippen LogP contribution in [-0.2, 0) is 7.05 Å². The number of imidazole rings is 1. The summed E-state index contributed by atoms with van der Waals surface area (Å²) < 4.78 is 7.45. The van der Waals surface area contributed by atoms with Crippen molar-refractivity contribution in [2.75, 3.05) is 31.5 Å². The molecule has 0 saturated carbocycles. The molecule has 8 nitrogen and oxygen atoms in total. The number of amides is 2. The minimum absolute atomic E-state index is 0.0857. The highest BCUT2D eigenvalue weighted by molar-refractivity contribution is 5.87. The molecule has 24 heavy (non-hydrogen) atoms. The number of hydrogen-bond acceptors (Lipinski definition) is 5. The fraction of sp³-hybridized carbons (Fsp3) is 0.562. The van der Waals surface area contributed by atoms with Gasteiger partial charge in [0, 0.05) is 39.1 Å². The van der Waals surface area contributed by atoms with E-state index in [0.717, 1.165) is 24.6 Å². The molecule has 0 unspecified atom stereocenters. The van der Waals surface area contributed by atoms with Gasteiger partial charge in [-0.05, 0) is 20.4 Å². The highest BCUT2D eigenvalue weighted by Crippen LogP contribution is 2.24. The molecule has 0 spiro atoms. The summed E-state index contributed by atoms with van der Waals surface area (Å²) in [5.41, 5.74) is 0.784. The van der Waals surface area contributed by atoms with Gasteiger partial charge in [0.15, 0.2) is 0 Å². The lowest BCUT2D eigenvalue weighted by atomic mass is 10.1. The molecule has 1 fully saturated rings. The van der Waals surface area contributed by atoms with Crippen molar-refractivity contribution >= 4 is 12.0 Å². The summed E-state index contributed by atoms with van der Waals surface area (Å²) in [6.45, 7) is 8.80. The van der Waals surface area contributed by atoms with Crippen molar-refractivity contribution in [3.05, 3.63) is 29.7 Å². The van der Waals surface area contributed by atoms with Gasteiger partial charge in [0.2, 0.25) is 0 Å². The number of oxazole rings is 1. The number of nitrogens with zero attached hydrogens (tertiary/aromatic N) is 5. The monoisotopic (exact) mass is 332 g/mol. The van der Waals surface area contributed by atoms with Crippen LogP contribution in [0.1, 0.15) is 30.2 Å². The molecular weight excluding hydrogens is 308 g/mol. The highest BCUT2D eigenvalue weighted by atomic mass is 16.4. The van der Waals surface area contributed by atoms with Gasteiger partial charge in [-0.25, -0.2) is 9.78 Å². The quantitative estimate of drug-likeness (QED) is 0.929. The number of aryl methyl sites for hydroxylation is 3. The Morgan fingerprint density at radius 1 is 1.42 bits per heavy atom. The Hall–Kier alpha value is -2.35. The maximum absolute atomic E-state index is 12.6. The SMILES string of the molecule is CCN1CCN(C(=O)Nc2nc(C)c(C)o2)C[C@@H]1c1nccn1C. The maximum Gasteiger partial charge on any atom is 0.325 e. The number of nitrogens with one attached hydrogen (secondary N) is 1. The molecule has 0 bridgehead atoms. The van der Waals surface area contributed by atoms with Gasteiger partial charge in [0.05, 0.1) is 11.7 Å². The summed E-state index contributed by atoms with van der Waals surface area (Å²) in [5, 5.41) is 2.75. The molecule has 1 aliphatic rings. The Morgan fingerprint density at radius 2 is 2.21 bits per heavy atom. The van der Waals surface area contributed by atoms with E-state index in [-0.39, 0.29) is 18.1 Å². The minimum atomic E-state index is -0.189. The van der Waals surface area contributed by atoms with Crippen molar-refractivity contribution in [2.24, 2.45) is 7.05 Å².